The first-order valence-electron chi connectivity index (χ1n) is 4.32. The van der Waals surface area contributed by atoms with Crippen LogP contribution in [-0.4, -0.2) is 18.3 Å². The molecule has 0 spiro atoms. The lowest BCUT2D eigenvalue weighted by atomic mass is 10.1. The lowest BCUT2D eigenvalue weighted by Gasteiger charge is -2.21. The van der Waals surface area contributed by atoms with E-state index in [1.165, 1.54) is 0 Å². The Kier molecular flexibility index (Phi) is 2.10. The second-order valence-corrected chi connectivity index (χ2v) is 3.03. The molecule has 0 radical (unpaired) electrons. The maximum atomic E-state index is 9.02. The molecule has 1 N–H and O–H groups in total. The van der Waals surface area contributed by atoms with Gasteiger partial charge in [-0.2, -0.15) is 0 Å². The predicted molar refractivity (Wildman–Crippen MR) is 48.1 cm³/mol. The Morgan fingerprint density at radius 2 is 2.08 bits per heavy atom. The Morgan fingerprint density at radius 3 is 2.85 bits per heavy atom. The largest absolute Gasteiger partial charge is 0.486 e. The first-order valence-corrected chi connectivity index (χ1v) is 4.32. The van der Waals surface area contributed by atoms with E-state index in [0.29, 0.717) is 13.2 Å². The Balaban J connectivity index is 2.48. The summed E-state index contributed by atoms with van der Waals surface area (Å²) >= 11 is 0. The molecule has 0 aromatic heterocycles. The normalized spacial score (nSPS) is 14.3. The minimum absolute atomic E-state index is 0.0441. The average Bonchev–Trinajstić information content (AvgIpc) is 2.19. The van der Waals surface area contributed by atoms with Gasteiger partial charge in [0.25, 0.3) is 0 Å². The summed E-state index contributed by atoms with van der Waals surface area (Å²) in [6, 6.07) is 3.70. The summed E-state index contributed by atoms with van der Waals surface area (Å²) in [6.07, 6.45) is 0. The zero-order chi connectivity index (χ0) is 9.26. The van der Waals surface area contributed by atoms with Crippen molar-refractivity contribution in [2.75, 3.05) is 13.2 Å². The van der Waals surface area contributed by atoms with Gasteiger partial charge in [-0.1, -0.05) is 6.07 Å². The number of aliphatic hydroxyl groups excluding tert-OH is 1. The van der Waals surface area contributed by atoms with E-state index in [0.717, 1.165) is 22.6 Å². The maximum absolute atomic E-state index is 9.02. The number of ether oxygens (including phenoxy) is 2. The molecular weight excluding hydrogens is 168 g/mol. The molecule has 70 valence electrons. The van der Waals surface area contributed by atoms with Crippen molar-refractivity contribution >= 4 is 0 Å². The van der Waals surface area contributed by atoms with Crippen LogP contribution in [0.2, 0.25) is 0 Å². The monoisotopic (exact) mass is 180 g/mol. The summed E-state index contributed by atoms with van der Waals surface area (Å²) in [5, 5.41) is 9.02. The summed E-state index contributed by atoms with van der Waals surface area (Å²) in [4.78, 5) is 0. The van der Waals surface area contributed by atoms with Gasteiger partial charge in [0, 0.05) is 5.56 Å². The van der Waals surface area contributed by atoms with Crippen molar-refractivity contribution < 1.29 is 14.6 Å². The van der Waals surface area contributed by atoms with Crippen molar-refractivity contribution in [1.29, 1.82) is 0 Å². The summed E-state index contributed by atoms with van der Waals surface area (Å²) in [5.74, 6) is 1.55. The molecule has 1 aliphatic heterocycles. The molecule has 0 saturated heterocycles. The molecule has 3 heteroatoms. The zero-order valence-electron chi connectivity index (χ0n) is 7.54. The molecule has 2 rings (SSSR count). The van der Waals surface area contributed by atoms with E-state index in [4.69, 9.17) is 14.6 Å². The second-order valence-electron chi connectivity index (χ2n) is 3.03. The SMILES string of the molecule is Cc1c(CO)ccc2c1OCCO2. The third kappa shape index (κ3) is 1.35. The van der Waals surface area contributed by atoms with Crippen LogP contribution in [0.15, 0.2) is 12.1 Å². The Labute approximate surface area is 76.9 Å². The molecule has 0 amide bonds. The number of hydrogen-bond donors (Lipinski definition) is 1. The minimum atomic E-state index is 0.0441. The predicted octanol–water partition coefficient (Wildman–Crippen LogP) is 1.26. The van der Waals surface area contributed by atoms with Crippen molar-refractivity contribution in [2.45, 2.75) is 13.5 Å². The van der Waals surface area contributed by atoms with Gasteiger partial charge in [-0.05, 0) is 18.6 Å². The van der Waals surface area contributed by atoms with Crippen LogP contribution in [0.3, 0.4) is 0 Å². The van der Waals surface area contributed by atoms with Crippen LogP contribution in [0.4, 0.5) is 0 Å². The zero-order valence-corrected chi connectivity index (χ0v) is 7.54. The fraction of sp³-hybridized carbons (Fsp3) is 0.400. The summed E-state index contributed by atoms with van der Waals surface area (Å²) in [6.45, 7) is 3.16. The van der Waals surface area contributed by atoms with Crippen molar-refractivity contribution in [3.63, 3.8) is 0 Å². The molecule has 1 aromatic rings. The van der Waals surface area contributed by atoms with E-state index in [9.17, 15) is 0 Å². The topological polar surface area (TPSA) is 38.7 Å². The van der Waals surface area contributed by atoms with Crippen LogP contribution in [0.1, 0.15) is 11.1 Å². The molecule has 0 aliphatic carbocycles. The molecule has 1 aromatic carbocycles. The Hall–Kier alpha value is -1.22. The quantitative estimate of drug-likeness (QED) is 0.707. The molecule has 3 nitrogen and oxygen atoms in total. The lowest BCUT2D eigenvalue weighted by molar-refractivity contribution is 0.169. The molecule has 0 fully saturated rings. The molecule has 13 heavy (non-hydrogen) atoms. The van der Waals surface area contributed by atoms with Crippen LogP contribution >= 0.6 is 0 Å². The van der Waals surface area contributed by atoms with Gasteiger partial charge in [0.05, 0.1) is 6.61 Å². The van der Waals surface area contributed by atoms with E-state index < -0.39 is 0 Å². The molecule has 0 atom stereocenters. The summed E-state index contributed by atoms with van der Waals surface area (Å²) < 4.78 is 10.9. The van der Waals surface area contributed by atoms with Crippen LogP contribution < -0.4 is 9.47 Å². The van der Waals surface area contributed by atoms with Crippen LogP contribution in [0, 0.1) is 6.92 Å². The number of hydrogen-bond acceptors (Lipinski definition) is 3. The average molecular weight is 180 g/mol. The fourth-order valence-electron chi connectivity index (χ4n) is 1.47. The van der Waals surface area contributed by atoms with Gasteiger partial charge in [0.1, 0.15) is 13.2 Å². The first kappa shape index (κ1) is 8.38. The highest BCUT2D eigenvalue weighted by molar-refractivity contribution is 5.50. The molecule has 1 heterocycles. The third-order valence-corrected chi connectivity index (χ3v) is 2.24. The minimum Gasteiger partial charge on any atom is -0.486 e. The number of benzene rings is 1. The van der Waals surface area contributed by atoms with Gasteiger partial charge in [-0.15, -0.1) is 0 Å². The van der Waals surface area contributed by atoms with Gasteiger partial charge in [0.2, 0.25) is 0 Å². The van der Waals surface area contributed by atoms with Gasteiger partial charge < -0.3 is 14.6 Å². The van der Waals surface area contributed by atoms with E-state index in [-0.39, 0.29) is 6.61 Å². The van der Waals surface area contributed by atoms with Crippen LogP contribution in [0.25, 0.3) is 0 Å². The van der Waals surface area contributed by atoms with Gasteiger partial charge in [0.15, 0.2) is 11.5 Å². The smallest absolute Gasteiger partial charge is 0.164 e. The van der Waals surface area contributed by atoms with Gasteiger partial charge in [-0.25, -0.2) is 0 Å². The molecular formula is C10H12O3. The van der Waals surface area contributed by atoms with E-state index >= 15 is 0 Å². The van der Waals surface area contributed by atoms with Crippen LogP contribution in [0.5, 0.6) is 11.5 Å². The Morgan fingerprint density at radius 1 is 1.31 bits per heavy atom. The van der Waals surface area contributed by atoms with Crippen molar-refractivity contribution in [3.05, 3.63) is 23.3 Å². The van der Waals surface area contributed by atoms with E-state index in [1.807, 2.05) is 19.1 Å². The summed E-state index contributed by atoms with van der Waals surface area (Å²) in [7, 11) is 0. The van der Waals surface area contributed by atoms with E-state index in [2.05, 4.69) is 0 Å². The van der Waals surface area contributed by atoms with Crippen molar-refractivity contribution in [2.24, 2.45) is 0 Å². The van der Waals surface area contributed by atoms with E-state index in [1.54, 1.807) is 0 Å². The van der Waals surface area contributed by atoms with Gasteiger partial charge >= 0.3 is 0 Å². The lowest BCUT2D eigenvalue weighted by Crippen LogP contribution is -2.16. The molecule has 0 bridgehead atoms. The summed E-state index contributed by atoms with van der Waals surface area (Å²) in [5.41, 5.74) is 1.86. The highest BCUT2D eigenvalue weighted by atomic mass is 16.6. The molecule has 0 unspecified atom stereocenters. The standard InChI is InChI=1S/C10H12O3/c1-7-8(6-11)2-3-9-10(7)13-5-4-12-9/h2-3,11H,4-6H2,1H3. The molecule has 1 aliphatic rings. The third-order valence-electron chi connectivity index (χ3n) is 2.24. The van der Waals surface area contributed by atoms with Crippen LogP contribution in [-0.2, 0) is 6.61 Å². The maximum Gasteiger partial charge on any atom is 0.164 e. The highest BCUT2D eigenvalue weighted by Crippen LogP contribution is 2.35. The fourth-order valence-corrected chi connectivity index (χ4v) is 1.47. The first-order chi connectivity index (χ1) is 6.33. The number of aliphatic hydroxyl groups is 1. The highest BCUT2D eigenvalue weighted by Gasteiger charge is 2.15. The number of fused-ring (bicyclic) bond motifs is 1. The van der Waals surface area contributed by atoms with Gasteiger partial charge in [-0.3, -0.25) is 0 Å². The Bertz CT molecular complexity index is 320. The second kappa shape index (κ2) is 3.26. The molecule has 0 saturated carbocycles. The van der Waals surface area contributed by atoms with Crippen molar-refractivity contribution in [1.82, 2.24) is 0 Å². The van der Waals surface area contributed by atoms with Crippen molar-refractivity contribution in [3.8, 4) is 11.5 Å². The number of rotatable bonds is 1.